The Morgan fingerprint density at radius 1 is 0.816 bits per heavy atom. The lowest BCUT2D eigenvalue weighted by Crippen LogP contribution is -2.43. The highest BCUT2D eigenvalue weighted by molar-refractivity contribution is 5.82. The molecule has 0 fully saturated rings. The number of benzene rings is 3. The summed E-state index contributed by atoms with van der Waals surface area (Å²) in [6.07, 6.45) is -0.795. The zero-order valence-corrected chi connectivity index (χ0v) is 21.9. The fourth-order valence-corrected chi connectivity index (χ4v) is 4.52. The number of hydrogen-bond donors (Lipinski definition) is 1. The lowest BCUT2D eigenvalue weighted by atomic mass is 9.98. The summed E-state index contributed by atoms with van der Waals surface area (Å²) in [6, 6.07) is 24.3. The molecular weight excluding hydrogens is 482 g/mol. The van der Waals surface area contributed by atoms with Crippen LogP contribution in [0.2, 0.25) is 0 Å². The summed E-state index contributed by atoms with van der Waals surface area (Å²) >= 11 is 0. The molecule has 0 bridgehead atoms. The molecule has 1 aliphatic rings. The molecular formula is C31H33NO6. The van der Waals surface area contributed by atoms with Crippen molar-refractivity contribution in [3.63, 3.8) is 0 Å². The highest BCUT2D eigenvalue weighted by Gasteiger charge is 2.30. The molecule has 1 N–H and O–H groups in total. The Morgan fingerprint density at radius 3 is 2.00 bits per heavy atom. The fourth-order valence-electron chi connectivity index (χ4n) is 4.52. The first-order valence-corrected chi connectivity index (χ1v) is 12.7. The van der Waals surface area contributed by atoms with E-state index < -0.39 is 29.7 Å². The number of carbonyl (C=O) groups excluding carboxylic acids is 3. The maximum atomic E-state index is 12.9. The number of fused-ring (bicyclic) bond motifs is 3. The van der Waals surface area contributed by atoms with Gasteiger partial charge in [0.1, 0.15) is 24.9 Å². The third-order valence-corrected chi connectivity index (χ3v) is 6.20. The van der Waals surface area contributed by atoms with Gasteiger partial charge in [-0.05, 0) is 55.0 Å². The summed E-state index contributed by atoms with van der Waals surface area (Å²) in [4.78, 5) is 38.0. The van der Waals surface area contributed by atoms with Crippen molar-refractivity contribution in [3.05, 3.63) is 95.6 Å². The molecule has 3 aromatic rings. The average molecular weight is 516 g/mol. The van der Waals surface area contributed by atoms with Crippen LogP contribution in [0.3, 0.4) is 0 Å². The Kier molecular flexibility index (Phi) is 8.46. The lowest BCUT2D eigenvalue weighted by molar-refractivity contribution is -0.155. The largest absolute Gasteiger partial charge is 0.460 e. The van der Waals surface area contributed by atoms with Gasteiger partial charge in [0.15, 0.2) is 0 Å². The monoisotopic (exact) mass is 515 g/mol. The van der Waals surface area contributed by atoms with E-state index in [1.165, 1.54) is 0 Å². The van der Waals surface area contributed by atoms with Gasteiger partial charge < -0.3 is 19.5 Å². The zero-order chi connectivity index (χ0) is 27.1. The minimum Gasteiger partial charge on any atom is -0.460 e. The summed E-state index contributed by atoms with van der Waals surface area (Å²) in [5.74, 6) is -1.22. The fraction of sp³-hybridized carbons (Fsp3) is 0.323. The van der Waals surface area contributed by atoms with Gasteiger partial charge in [0.2, 0.25) is 0 Å². The van der Waals surface area contributed by atoms with Gasteiger partial charge in [0.05, 0.1) is 0 Å². The second-order valence-electron chi connectivity index (χ2n) is 10.2. The van der Waals surface area contributed by atoms with Crippen LogP contribution in [0.25, 0.3) is 11.1 Å². The van der Waals surface area contributed by atoms with Crippen molar-refractivity contribution in [2.45, 2.75) is 57.8 Å². The Balaban J connectivity index is 1.40. The van der Waals surface area contributed by atoms with Crippen LogP contribution >= 0.6 is 0 Å². The summed E-state index contributed by atoms with van der Waals surface area (Å²) < 4.78 is 16.4. The molecule has 0 heterocycles. The molecule has 1 aliphatic carbocycles. The highest BCUT2D eigenvalue weighted by Crippen LogP contribution is 2.44. The van der Waals surface area contributed by atoms with Gasteiger partial charge in [-0.3, -0.25) is 4.79 Å². The SMILES string of the molecule is CC(C)(C)OC(=O)CC[C@H](NC(=O)OCC1c2ccccc2-c2ccccc21)C(=O)OCc1ccccc1. The molecule has 1 amide bonds. The van der Waals surface area contributed by atoms with E-state index in [0.717, 1.165) is 27.8 Å². The van der Waals surface area contributed by atoms with Crippen molar-refractivity contribution in [1.29, 1.82) is 0 Å². The molecule has 7 heteroatoms. The Hall–Kier alpha value is -4.13. The van der Waals surface area contributed by atoms with Gasteiger partial charge in [-0.1, -0.05) is 78.9 Å². The number of amides is 1. The zero-order valence-electron chi connectivity index (χ0n) is 21.9. The molecule has 0 saturated carbocycles. The van der Waals surface area contributed by atoms with E-state index in [0.29, 0.717) is 0 Å². The number of rotatable bonds is 9. The summed E-state index contributed by atoms with van der Waals surface area (Å²) in [5, 5.41) is 2.60. The number of alkyl carbamates (subject to hydrolysis) is 1. The lowest BCUT2D eigenvalue weighted by Gasteiger charge is -2.21. The smallest absolute Gasteiger partial charge is 0.407 e. The van der Waals surface area contributed by atoms with Gasteiger partial charge in [-0.15, -0.1) is 0 Å². The third kappa shape index (κ3) is 7.00. The third-order valence-electron chi connectivity index (χ3n) is 6.20. The number of hydrogen-bond acceptors (Lipinski definition) is 6. The van der Waals surface area contributed by atoms with Crippen molar-refractivity contribution in [2.75, 3.05) is 6.61 Å². The Bertz CT molecular complexity index is 1240. The van der Waals surface area contributed by atoms with Crippen molar-refractivity contribution >= 4 is 18.0 Å². The standard InChI is InChI=1S/C31H33NO6/c1-31(2,3)38-28(33)18-17-27(29(34)36-19-21-11-5-4-6-12-21)32-30(35)37-20-26-24-15-9-7-13-22(24)23-14-8-10-16-25(23)26/h4-16,26-27H,17-20H2,1-3H3,(H,32,35)/t27-/m0/s1. The molecule has 0 radical (unpaired) electrons. The van der Waals surface area contributed by atoms with Crippen molar-refractivity contribution < 1.29 is 28.6 Å². The maximum Gasteiger partial charge on any atom is 0.407 e. The number of ether oxygens (including phenoxy) is 3. The molecule has 198 valence electrons. The van der Waals surface area contributed by atoms with Gasteiger partial charge in [0, 0.05) is 12.3 Å². The molecule has 7 nitrogen and oxygen atoms in total. The molecule has 38 heavy (non-hydrogen) atoms. The molecule has 1 atom stereocenters. The summed E-state index contributed by atoms with van der Waals surface area (Å²) in [7, 11) is 0. The van der Waals surface area contributed by atoms with Crippen LogP contribution in [0.4, 0.5) is 4.79 Å². The van der Waals surface area contributed by atoms with Crippen molar-refractivity contribution in [2.24, 2.45) is 0 Å². The Morgan fingerprint density at radius 2 is 1.39 bits per heavy atom. The Labute approximate surface area is 223 Å². The van der Waals surface area contributed by atoms with E-state index in [-0.39, 0.29) is 32.0 Å². The molecule has 4 rings (SSSR count). The molecule has 0 aromatic heterocycles. The van der Waals surface area contributed by atoms with Crippen LogP contribution in [-0.4, -0.2) is 36.3 Å². The van der Waals surface area contributed by atoms with Crippen LogP contribution in [0, 0.1) is 0 Å². The van der Waals surface area contributed by atoms with Gasteiger partial charge in [0.25, 0.3) is 0 Å². The first kappa shape index (κ1) is 26.9. The van der Waals surface area contributed by atoms with E-state index in [1.54, 1.807) is 20.8 Å². The topological polar surface area (TPSA) is 90.9 Å². The number of nitrogens with one attached hydrogen (secondary N) is 1. The van der Waals surface area contributed by atoms with Gasteiger partial charge in [-0.25, -0.2) is 9.59 Å². The molecule has 0 saturated heterocycles. The molecule has 3 aromatic carbocycles. The quantitative estimate of drug-likeness (QED) is 0.288. The molecule has 0 unspecified atom stereocenters. The van der Waals surface area contributed by atoms with Crippen LogP contribution in [0.5, 0.6) is 0 Å². The minimum atomic E-state index is -1.07. The van der Waals surface area contributed by atoms with Crippen LogP contribution in [-0.2, 0) is 30.4 Å². The second kappa shape index (κ2) is 11.9. The first-order chi connectivity index (χ1) is 18.2. The van der Waals surface area contributed by atoms with E-state index >= 15 is 0 Å². The van der Waals surface area contributed by atoms with Gasteiger partial charge >= 0.3 is 18.0 Å². The van der Waals surface area contributed by atoms with Crippen LogP contribution in [0.15, 0.2) is 78.9 Å². The van der Waals surface area contributed by atoms with E-state index in [4.69, 9.17) is 14.2 Å². The number of carbonyl (C=O) groups is 3. The molecule has 0 aliphatic heterocycles. The van der Waals surface area contributed by atoms with Crippen molar-refractivity contribution in [3.8, 4) is 11.1 Å². The number of esters is 2. The normalized spacial score (nSPS) is 13.1. The second-order valence-corrected chi connectivity index (χ2v) is 10.2. The van der Waals surface area contributed by atoms with Gasteiger partial charge in [-0.2, -0.15) is 0 Å². The van der Waals surface area contributed by atoms with Crippen LogP contribution < -0.4 is 5.32 Å². The highest BCUT2D eigenvalue weighted by atomic mass is 16.6. The summed E-state index contributed by atoms with van der Waals surface area (Å²) in [5.41, 5.74) is 4.58. The minimum absolute atomic E-state index is 0.0206. The summed E-state index contributed by atoms with van der Waals surface area (Å²) in [6.45, 7) is 5.47. The predicted molar refractivity (Wildman–Crippen MR) is 143 cm³/mol. The van der Waals surface area contributed by atoms with E-state index in [1.807, 2.05) is 66.7 Å². The van der Waals surface area contributed by atoms with E-state index in [9.17, 15) is 14.4 Å². The van der Waals surface area contributed by atoms with E-state index in [2.05, 4.69) is 17.4 Å². The first-order valence-electron chi connectivity index (χ1n) is 12.7. The van der Waals surface area contributed by atoms with Crippen molar-refractivity contribution in [1.82, 2.24) is 5.32 Å². The van der Waals surface area contributed by atoms with Crippen LogP contribution in [0.1, 0.15) is 56.2 Å². The predicted octanol–water partition coefficient (Wildman–Crippen LogP) is 5.76. The molecule has 0 spiro atoms. The average Bonchev–Trinajstić information content (AvgIpc) is 3.21. The maximum absolute atomic E-state index is 12.9.